The summed E-state index contributed by atoms with van der Waals surface area (Å²) in [4.78, 5) is 14.8. The molecule has 27 heavy (non-hydrogen) atoms. The first-order valence-electron chi connectivity index (χ1n) is 9.11. The summed E-state index contributed by atoms with van der Waals surface area (Å²) in [6.07, 6.45) is 1.88. The Hall–Kier alpha value is -2.12. The lowest BCUT2D eigenvalue weighted by atomic mass is 9.96. The molecule has 0 spiro atoms. The van der Waals surface area contributed by atoms with Crippen LogP contribution in [0.25, 0.3) is 10.8 Å². The lowest BCUT2D eigenvalue weighted by Gasteiger charge is -2.24. The van der Waals surface area contributed by atoms with Crippen LogP contribution in [0.4, 0.5) is 0 Å². The number of carbonyl (C=O) groups is 1. The largest absolute Gasteiger partial charge is 0.497 e. The molecule has 1 saturated heterocycles. The summed E-state index contributed by atoms with van der Waals surface area (Å²) in [6.45, 7) is 3.75. The lowest BCUT2D eigenvalue weighted by molar-refractivity contribution is -0.132. The van der Waals surface area contributed by atoms with Gasteiger partial charge in [0.05, 0.1) is 19.3 Å². The smallest absolute Gasteiger partial charge is 0.229 e. The van der Waals surface area contributed by atoms with E-state index in [0.717, 1.165) is 22.1 Å². The Bertz CT molecular complexity index is 942. The Morgan fingerprint density at radius 3 is 2.44 bits per heavy atom. The molecular weight excluding hydrogens is 364 g/mol. The van der Waals surface area contributed by atoms with Crippen molar-refractivity contribution in [2.45, 2.75) is 19.3 Å². The molecule has 0 bridgehead atoms. The summed E-state index contributed by atoms with van der Waals surface area (Å²) >= 11 is 0. The van der Waals surface area contributed by atoms with Gasteiger partial charge in [0.2, 0.25) is 15.9 Å². The van der Waals surface area contributed by atoms with E-state index in [1.165, 1.54) is 10.6 Å². The van der Waals surface area contributed by atoms with Gasteiger partial charge >= 0.3 is 0 Å². The zero-order valence-corrected chi connectivity index (χ0v) is 16.8. The minimum atomic E-state index is -3.22. The molecule has 1 heterocycles. The number of methoxy groups -OCH3 is 1. The van der Waals surface area contributed by atoms with Gasteiger partial charge in [-0.15, -0.1) is 0 Å². The molecular formula is C20H26N2O4S. The van der Waals surface area contributed by atoms with E-state index in [4.69, 9.17) is 4.74 Å². The van der Waals surface area contributed by atoms with Crippen LogP contribution in [0.1, 0.15) is 24.8 Å². The number of benzene rings is 2. The Morgan fingerprint density at radius 2 is 1.74 bits per heavy atom. The highest BCUT2D eigenvalue weighted by atomic mass is 32.2. The Labute approximate surface area is 160 Å². The first-order valence-corrected chi connectivity index (χ1v) is 11.0. The van der Waals surface area contributed by atoms with Crippen molar-refractivity contribution in [2.24, 2.45) is 0 Å². The number of hydrogen-bond donors (Lipinski definition) is 0. The fraction of sp³-hybridized carbons (Fsp3) is 0.450. The standard InChI is InChI=1S/C20H26N2O4S/c1-15(16-5-6-18-14-19(26-2)8-7-17(18)13-16)20(23)21-9-4-10-22(12-11-21)27(3,24)25/h5-8,13-15H,4,9-12H2,1-3H3. The predicted molar refractivity (Wildman–Crippen MR) is 107 cm³/mol. The summed E-state index contributed by atoms with van der Waals surface area (Å²) in [6, 6.07) is 11.9. The van der Waals surface area contributed by atoms with Gasteiger partial charge in [-0.1, -0.05) is 24.3 Å². The van der Waals surface area contributed by atoms with Crippen LogP contribution in [-0.4, -0.2) is 63.1 Å². The highest BCUT2D eigenvalue weighted by molar-refractivity contribution is 7.88. The lowest BCUT2D eigenvalue weighted by Crippen LogP contribution is -2.38. The molecule has 1 amide bonds. The van der Waals surface area contributed by atoms with Crippen molar-refractivity contribution in [1.29, 1.82) is 0 Å². The van der Waals surface area contributed by atoms with Crippen molar-refractivity contribution in [3.05, 3.63) is 42.0 Å². The molecule has 2 aromatic carbocycles. The van der Waals surface area contributed by atoms with Crippen molar-refractivity contribution in [1.82, 2.24) is 9.21 Å². The molecule has 0 aliphatic carbocycles. The fourth-order valence-electron chi connectivity index (χ4n) is 3.50. The number of carbonyl (C=O) groups excluding carboxylic acids is 1. The monoisotopic (exact) mass is 390 g/mol. The number of ether oxygens (including phenoxy) is 1. The van der Waals surface area contributed by atoms with E-state index in [2.05, 4.69) is 0 Å². The summed E-state index contributed by atoms with van der Waals surface area (Å²) in [5.41, 5.74) is 0.960. The van der Waals surface area contributed by atoms with Gasteiger partial charge in [0.1, 0.15) is 5.75 Å². The quantitative estimate of drug-likeness (QED) is 0.804. The minimum absolute atomic E-state index is 0.0400. The summed E-state index contributed by atoms with van der Waals surface area (Å²) in [5, 5.41) is 2.13. The molecule has 0 aromatic heterocycles. The van der Waals surface area contributed by atoms with Crippen LogP contribution in [-0.2, 0) is 14.8 Å². The number of hydrogen-bond acceptors (Lipinski definition) is 4. The second-order valence-electron chi connectivity index (χ2n) is 7.04. The average molecular weight is 391 g/mol. The van der Waals surface area contributed by atoms with Crippen molar-refractivity contribution in [3.8, 4) is 5.75 Å². The van der Waals surface area contributed by atoms with Crippen LogP contribution in [0.2, 0.25) is 0 Å². The molecule has 146 valence electrons. The van der Waals surface area contributed by atoms with Crippen LogP contribution < -0.4 is 4.74 Å². The summed E-state index contributed by atoms with van der Waals surface area (Å²) < 4.78 is 30.2. The van der Waals surface area contributed by atoms with Crippen molar-refractivity contribution in [3.63, 3.8) is 0 Å². The van der Waals surface area contributed by atoms with E-state index in [9.17, 15) is 13.2 Å². The Kier molecular flexibility index (Phi) is 5.72. The summed E-state index contributed by atoms with van der Waals surface area (Å²) in [7, 11) is -1.57. The maximum atomic E-state index is 13.0. The van der Waals surface area contributed by atoms with Crippen molar-refractivity contribution >= 4 is 26.7 Å². The van der Waals surface area contributed by atoms with Gasteiger partial charge in [-0.25, -0.2) is 12.7 Å². The third-order valence-electron chi connectivity index (χ3n) is 5.18. The predicted octanol–water partition coefficient (Wildman–Crippen LogP) is 2.45. The van der Waals surface area contributed by atoms with Gasteiger partial charge in [0, 0.05) is 26.2 Å². The van der Waals surface area contributed by atoms with E-state index in [1.807, 2.05) is 43.3 Å². The van der Waals surface area contributed by atoms with Crippen molar-refractivity contribution < 1.29 is 17.9 Å². The molecule has 2 aromatic rings. The normalized spacial score (nSPS) is 17.5. The highest BCUT2D eigenvalue weighted by Crippen LogP contribution is 2.26. The number of amides is 1. The molecule has 1 aliphatic heterocycles. The number of fused-ring (bicyclic) bond motifs is 1. The maximum absolute atomic E-state index is 13.0. The zero-order chi connectivity index (χ0) is 19.6. The minimum Gasteiger partial charge on any atom is -0.497 e. The first kappa shape index (κ1) is 19.6. The van der Waals surface area contributed by atoms with Gasteiger partial charge in [-0.2, -0.15) is 0 Å². The maximum Gasteiger partial charge on any atom is 0.229 e. The van der Waals surface area contributed by atoms with Crippen LogP contribution in [0.5, 0.6) is 5.75 Å². The van der Waals surface area contributed by atoms with E-state index in [0.29, 0.717) is 32.6 Å². The van der Waals surface area contributed by atoms with E-state index in [1.54, 1.807) is 12.0 Å². The van der Waals surface area contributed by atoms with Gasteiger partial charge in [0.25, 0.3) is 0 Å². The zero-order valence-electron chi connectivity index (χ0n) is 16.0. The number of nitrogens with zero attached hydrogens (tertiary/aromatic N) is 2. The molecule has 0 radical (unpaired) electrons. The second-order valence-corrected chi connectivity index (χ2v) is 9.02. The molecule has 1 aliphatic rings. The molecule has 6 nitrogen and oxygen atoms in total. The van der Waals surface area contributed by atoms with Gasteiger partial charge < -0.3 is 9.64 Å². The number of rotatable bonds is 4. The molecule has 1 unspecified atom stereocenters. The van der Waals surface area contributed by atoms with E-state index < -0.39 is 10.0 Å². The SMILES string of the molecule is COc1ccc2cc(C(C)C(=O)N3CCCN(S(C)(=O)=O)CC3)ccc2c1. The Morgan fingerprint density at radius 1 is 1.04 bits per heavy atom. The van der Waals surface area contributed by atoms with Gasteiger partial charge in [0.15, 0.2) is 0 Å². The Balaban J connectivity index is 1.76. The third-order valence-corrected chi connectivity index (χ3v) is 6.48. The van der Waals surface area contributed by atoms with Crippen LogP contribution >= 0.6 is 0 Å². The second kappa shape index (κ2) is 7.86. The average Bonchev–Trinajstić information content (AvgIpc) is 2.92. The van der Waals surface area contributed by atoms with E-state index >= 15 is 0 Å². The van der Waals surface area contributed by atoms with Crippen LogP contribution in [0, 0.1) is 0 Å². The molecule has 1 atom stereocenters. The molecule has 7 heteroatoms. The summed E-state index contributed by atoms with van der Waals surface area (Å²) in [5.74, 6) is 0.568. The number of sulfonamides is 1. The third kappa shape index (κ3) is 4.42. The van der Waals surface area contributed by atoms with Crippen LogP contribution in [0.3, 0.4) is 0 Å². The van der Waals surface area contributed by atoms with Gasteiger partial charge in [-0.3, -0.25) is 4.79 Å². The topological polar surface area (TPSA) is 66.9 Å². The molecule has 0 saturated carbocycles. The fourth-order valence-corrected chi connectivity index (χ4v) is 4.37. The molecule has 1 fully saturated rings. The van der Waals surface area contributed by atoms with Crippen LogP contribution in [0.15, 0.2) is 36.4 Å². The highest BCUT2D eigenvalue weighted by Gasteiger charge is 2.27. The van der Waals surface area contributed by atoms with Gasteiger partial charge in [-0.05, 0) is 41.8 Å². The van der Waals surface area contributed by atoms with E-state index in [-0.39, 0.29) is 11.8 Å². The van der Waals surface area contributed by atoms with Crippen molar-refractivity contribution in [2.75, 3.05) is 39.5 Å². The molecule has 3 rings (SSSR count). The molecule has 0 N–H and O–H groups in total. The first-order chi connectivity index (χ1) is 12.8.